The van der Waals surface area contributed by atoms with E-state index in [0.29, 0.717) is 25.4 Å². The molecule has 1 aliphatic heterocycles. The molecule has 0 atom stereocenters. The maximum atomic E-state index is 10.9. The van der Waals surface area contributed by atoms with Crippen LogP contribution in [0.25, 0.3) is 0 Å². The molecule has 6 nitrogen and oxygen atoms in total. The fourth-order valence-electron chi connectivity index (χ4n) is 2.24. The molecule has 0 saturated heterocycles. The van der Waals surface area contributed by atoms with Gasteiger partial charge in [0.05, 0.1) is 12.2 Å². The van der Waals surface area contributed by atoms with Crippen molar-refractivity contribution in [3.05, 3.63) is 17.6 Å². The minimum absolute atomic E-state index is 0.279. The van der Waals surface area contributed by atoms with Crippen LogP contribution >= 0.6 is 0 Å². The van der Waals surface area contributed by atoms with E-state index >= 15 is 0 Å². The Labute approximate surface area is 105 Å². The summed E-state index contributed by atoms with van der Waals surface area (Å²) >= 11 is 0. The first-order valence-corrected chi connectivity index (χ1v) is 6.21. The minimum atomic E-state index is -0.902. The topological polar surface area (TPSA) is 75.5 Å². The first-order chi connectivity index (χ1) is 8.74. The highest BCUT2D eigenvalue weighted by Crippen LogP contribution is 2.29. The third kappa shape index (κ3) is 1.98. The number of ether oxygens (including phenoxy) is 1. The summed E-state index contributed by atoms with van der Waals surface area (Å²) in [6, 6.07) is 0. The Balaban J connectivity index is 1.81. The van der Waals surface area contributed by atoms with E-state index in [1.807, 2.05) is 0 Å². The van der Waals surface area contributed by atoms with E-state index in [9.17, 15) is 4.79 Å². The largest absolute Gasteiger partial charge is 0.474 e. The van der Waals surface area contributed by atoms with Gasteiger partial charge in [0.15, 0.2) is 0 Å². The number of nitrogens with zero attached hydrogens (tertiary/aromatic N) is 3. The molecule has 96 valence electrons. The predicted molar refractivity (Wildman–Crippen MR) is 62.4 cm³/mol. The third-order valence-corrected chi connectivity index (χ3v) is 3.57. The summed E-state index contributed by atoms with van der Waals surface area (Å²) in [5.41, 5.74) is 1.75. The maximum Gasteiger partial charge on any atom is 0.407 e. The van der Waals surface area contributed by atoms with Gasteiger partial charge in [-0.1, -0.05) is 0 Å². The molecule has 1 fully saturated rings. The molecule has 0 unspecified atom stereocenters. The van der Waals surface area contributed by atoms with Crippen LogP contribution in [0.5, 0.6) is 5.88 Å². The Morgan fingerprint density at radius 3 is 2.94 bits per heavy atom. The molecule has 1 amide bonds. The van der Waals surface area contributed by atoms with Crippen LogP contribution in [0, 0.1) is 0 Å². The van der Waals surface area contributed by atoms with E-state index in [2.05, 4.69) is 9.97 Å². The smallest absolute Gasteiger partial charge is 0.407 e. The quantitative estimate of drug-likeness (QED) is 0.858. The minimum Gasteiger partial charge on any atom is -0.474 e. The third-order valence-electron chi connectivity index (χ3n) is 3.57. The highest BCUT2D eigenvalue weighted by molar-refractivity contribution is 5.65. The van der Waals surface area contributed by atoms with Gasteiger partial charge in [0.2, 0.25) is 5.88 Å². The van der Waals surface area contributed by atoms with Crippen LogP contribution in [0.2, 0.25) is 0 Å². The Bertz CT molecular complexity index is 474. The average Bonchev–Trinajstić information content (AvgIpc) is 2.33. The summed E-state index contributed by atoms with van der Waals surface area (Å²) in [6.07, 6.45) is 4.84. The molecule has 0 aromatic carbocycles. The summed E-state index contributed by atoms with van der Waals surface area (Å²) in [5.74, 6) is 0.648. The van der Waals surface area contributed by atoms with E-state index < -0.39 is 6.09 Å². The zero-order valence-corrected chi connectivity index (χ0v) is 10.0. The van der Waals surface area contributed by atoms with Gasteiger partial charge in [-0.05, 0) is 25.7 Å². The van der Waals surface area contributed by atoms with Gasteiger partial charge in [0.1, 0.15) is 12.4 Å². The molecule has 2 aliphatic rings. The lowest BCUT2D eigenvalue weighted by Gasteiger charge is -2.30. The van der Waals surface area contributed by atoms with Crippen LogP contribution in [0.1, 0.15) is 30.5 Å². The normalized spacial score (nSPS) is 19.0. The summed E-state index contributed by atoms with van der Waals surface area (Å²) in [7, 11) is 0. The summed E-state index contributed by atoms with van der Waals surface area (Å²) in [5, 5.41) is 8.98. The van der Waals surface area contributed by atoms with Gasteiger partial charge in [-0.3, -0.25) is 0 Å². The van der Waals surface area contributed by atoms with Crippen molar-refractivity contribution in [2.45, 2.75) is 38.3 Å². The second-order valence-corrected chi connectivity index (χ2v) is 4.73. The first-order valence-electron chi connectivity index (χ1n) is 6.21. The molecule has 0 spiro atoms. The number of hydrogen-bond acceptors (Lipinski definition) is 4. The first kappa shape index (κ1) is 11.3. The second-order valence-electron chi connectivity index (χ2n) is 4.73. The summed E-state index contributed by atoms with van der Waals surface area (Å²) in [6.45, 7) is 0.810. The van der Waals surface area contributed by atoms with Crippen LogP contribution in [-0.4, -0.2) is 38.7 Å². The van der Waals surface area contributed by atoms with Gasteiger partial charge >= 0.3 is 6.09 Å². The lowest BCUT2D eigenvalue weighted by molar-refractivity contribution is 0.110. The van der Waals surface area contributed by atoms with Crippen LogP contribution in [-0.2, 0) is 13.0 Å². The Kier molecular flexibility index (Phi) is 2.77. The number of aromatic nitrogens is 2. The van der Waals surface area contributed by atoms with Crippen molar-refractivity contribution < 1.29 is 14.6 Å². The lowest BCUT2D eigenvalue weighted by atomic mass is 9.96. The SMILES string of the molecule is O=C(O)N1CCc2c(ncnc2OC2CCC2)C1. The van der Waals surface area contributed by atoms with Crippen molar-refractivity contribution in [2.75, 3.05) is 6.54 Å². The van der Waals surface area contributed by atoms with Gasteiger partial charge < -0.3 is 14.7 Å². The highest BCUT2D eigenvalue weighted by atomic mass is 16.5. The van der Waals surface area contributed by atoms with Crippen LogP contribution in [0.4, 0.5) is 4.79 Å². The van der Waals surface area contributed by atoms with Crippen molar-refractivity contribution in [1.29, 1.82) is 0 Å². The average molecular weight is 249 g/mol. The zero-order chi connectivity index (χ0) is 12.5. The number of carbonyl (C=O) groups is 1. The van der Waals surface area contributed by atoms with Crippen molar-refractivity contribution in [2.24, 2.45) is 0 Å². The molecule has 6 heteroatoms. The van der Waals surface area contributed by atoms with Gasteiger partial charge in [-0.2, -0.15) is 0 Å². The van der Waals surface area contributed by atoms with Crippen LogP contribution in [0.3, 0.4) is 0 Å². The van der Waals surface area contributed by atoms with Gasteiger partial charge in [-0.25, -0.2) is 14.8 Å². The second kappa shape index (κ2) is 4.44. The van der Waals surface area contributed by atoms with Crippen molar-refractivity contribution in [1.82, 2.24) is 14.9 Å². The fourth-order valence-corrected chi connectivity index (χ4v) is 2.24. The number of amides is 1. The molecule has 1 N–H and O–H groups in total. The van der Waals surface area contributed by atoms with Crippen molar-refractivity contribution in [3.63, 3.8) is 0 Å². The van der Waals surface area contributed by atoms with E-state index in [1.165, 1.54) is 17.6 Å². The molecule has 1 aromatic heterocycles. The van der Waals surface area contributed by atoms with Gasteiger partial charge in [0, 0.05) is 12.1 Å². The van der Waals surface area contributed by atoms with Crippen LogP contribution < -0.4 is 4.74 Å². The van der Waals surface area contributed by atoms with Gasteiger partial charge in [0.25, 0.3) is 0 Å². The van der Waals surface area contributed by atoms with E-state index in [0.717, 1.165) is 24.1 Å². The van der Waals surface area contributed by atoms with Crippen LogP contribution in [0.15, 0.2) is 6.33 Å². The Hall–Kier alpha value is -1.85. The number of rotatable bonds is 2. The molecule has 3 rings (SSSR count). The van der Waals surface area contributed by atoms with Crippen molar-refractivity contribution in [3.8, 4) is 5.88 Å². The van der Waals surface area contributed by atoms with Gasteiger partial charge in [-0.15, -0.1) is 0 Å². The predicted octanol–water partition coefficient (Wildman–Crippen LogP) is 1.44. The number of carboxylic acid groups (broad SMARTS) is 1. The molecule has 2 heterocycles. The highest BCUT2D eigenvalue weighted by Gasteiger charge is 2.27. The molecule has 0 radical (unpaired) electrons. The molecular weight excluding hydrogens is 234 g/mol. The molecular formula is C12H15N3O3. The summed E-state index contributed by atoms with van der Waals surface area (Å²) in [4.78, 5) is 20.6. The molecule has 18 heavy (non-hydrogen) atoms. The fraction of sp³-hybridized carbons (Fsp3) is 0.583. The van der Waals surface area contributed by atoms with E-state index in [4.69, 9.17) is 9.84 Å². The molecule has 0 bridgehead atoms. The molecule has 1 saturated carbocycles. The Morgan fingerprint density at radius 1 is 1.44 bits per heavy atom. The molecule has 1 aromatic rings. The standard InChI is InChI=1S/C12H15N3O3/c16-12(17)15-5-4-9-10(6-15)13-7-14-11(9)18-8-2-1-3-8/h7-8H,1-6H2,(H,16,17). The zero-order valence-electron chi connectivity index (χ0n) is 10.0. The number of fused-ring (bicyclic) bond motifs is 1. The maximum absolute atomic E-state index is 10.9. The summed E-state index contributed by atoms with van der Waals surface area (Å²) < 4.78 is 5.83. The molecule has 1 aliphatic carbocycles. The van der Waals surface area contributed by atoms with E-state index in [1.54, 1.807) is 0 Å². The Morgan fingerprint density at radius 2 is 2.28 bits per heavy atom. The monoisotopic (exact) mass is 249 g/mol. The lowest BCUT2D eigenvalue weighted by Crippen LogP contribution is -2.36. The van der Waals surface area contributed by atoms with Crippen molar-refractivity contribution >= 4 is 6.09 Å². The number of hydrogen-bond donors (Lipinski definition) is 1. The van der Waals surface area contributed by atoms with E-state index in [-0.39, 0.29) is 6.10 Å².